The average Bonchev–Trinajstić information content (AvgIpc) is 2.52. The first-order valence-corrected chi connectivity index (χ1v) is 6.62. The lowest BCUT2D eigenvalue weighted by atomic mass is 10.2. The van der Waals surface area contributed by atoms with Crippen LogP contribution in [0.5, 0.6) is 11.5 Å². The molecule has 0 saturated heterocycles. The van der Waals surface area contributed by atoms with Crippen molar-refractivity contribution in [2.75, 3.05) is 19.0 Å². The zero-order valence-electron chi connectivity index (χ0n) is 11.8. The fraction of sp³-hybridized carbons (Fsp3) is 0.188. The second kappa shape index (κ2) is 7.19. The molecule has 2 aromatic rings. The van der Waals surface area contributed by atoms with Gasteiger partial charge in [0.25, 0.3) is 5.91 Å². The van der Waals surface area contributed by atoms with E-state index in [1.54, 1.807) is 25.2 Å². The third-order valence-electron chi connectivity index (χ3n) is 2.92. The van der Waals surface area contributed by atoms with Crippen molar-refractivity contribution in [1.29, 1.82) is 0 Å². The van der Waals surface area contributed by atoms with Crippen molar-refractivity contribution >= 4 is 11.6 Å². The van der Waals surface area contributed by atoms with Gasteiger partial charge >= 0.3 is 0 Å². The lowest BCUT2D eigenvalue weighted by Crippen LogP contribution is -2.24. The summed E-state index contributed by atoms with van der Waals surface area (Å²) < 4.78 is 5.38. The number of benzene rings is 2. The van der Waals surface area contributed by atoms with Gasteiger partial charge in [-0.2, -0.15) is 0 Å². The summed E-state index contributed by atoms with van der Waals surface area (Å²) in [6.45, 7) is 0.636. The van der Waals surface area contributed by atoms with Crippen LogP contribution in [0.1, 0.15) is 5.56 Å². The van der Waals surface area contributed by atoms with Gasteiger partial charge in [-0.1, -0.05) is 18.2 Å². The number of phenolic OH excluding ortho intramolecular Hbond substituents is 1. The average molecular weight is 286 g/mol. The Labute approximate surface area is 123 Å². The van der Waals surface area contributed by atoms with Gasteiger partial charge in [0, 0.05) is 25.3 Å². The molecule has 5 heteroatoms. The minimum Gasteiger partial charge on any atom is -0.508 e. The van der Waals surface area contributed by atoms with Crippen molar-refractivity contribution in [3.05, 3.63) is 54.1 Å². The quantitative estimate of drug-likeness (QED) is 0.761. The molecule has 2 aromatic carbocycles. The van der Waals surface area contributed by atoms with E-state index < -0.39 is 0 Å². The van der Waals surface area contributed by atoms with Crippen molar-refractivity contribution in [1.82, 2.24) is 5.32 Å². The Morgan fingerprint density at radius 3 is 2.67 bits per heavy atom. The van der Waals surface area contributed by atoms with Crippen molar-refractivity contribution in [3.8, 4) is 11.5 Å². The maximum atomic E-state index is 11.1. The molecule has 21 heavy (non-hydrogen) atoms. The van der Waals surface area contributed by atoms with E-state index in [-0.39, 0.29) is 18.3 Å². The Morgan fingerprint density at radius 2 is 1.95 bits per heavy atom. The summed E-state index contributed by atoms with van der Waals surface area (Å²) in [5, 5.41) is 15.0. The third kappa shape index (κ3) is 4.72. The van der Waals surface area contributed by atoms with Gasteiger partial charge in [-0.25, -0.2) is 0 Å². The van der Waals surface area contributed by atoms with E-state index in [9.17, 15) is 9.90 Å². The van der Waals surface area contributed by atoms with Gasteiger partial charge in [0.05, 0.1) is 0 Å². The molecular formula is C16H18N2O3. The number of nitrogens with one attached hydrogen (secondary N) is 2. The standard InChI is InChI=1S/C16H18N2O3/c1-17-16(20)11-21-15-4-2-3-13(9-15)18-10-12-5-7-14(19)8-6-12/h2-9,18-19H,10-11H2,1H3,(H,17,20). The van der Waals surface area contributed by atoms with E-state index >= 15 is 0 Å². The van der Waals surface area contributed by atoms with E-state index in [1.165, 1.54) is 0 Å². The van der Waals surface area contributed by atoms with E-state index in [4.69, 9.17) is 4.74 Å². The highest BCUT2D eigenvalue weighted by molar-refractivity contribution is 5.77. The van der Waals surface area contributed by atoms with Gasteiger partial charge < -0.3 is 20.5 Å². The van der Waals surface area contributed by atoms with Crippen molar-refractivity contribution < 1.29 is 14.6 Å². The van der Waals surface area contributed by atoms with Crippen LogP contribution in [0.3, 0.4) is 0 Å². The van der Waals surface area contributed by atoms with Gasteiger partial charge in [-0.3, -0.25) is 4.79 Å². The number of hydrogen-bond donors (Lipinski definition) is 3. The maximum Gasteiger partial charge on any atom is 0.257 e. The zero-order chi connectivity index (χ0) is 15.1. The molecule has 0 aliphatic heterocycles. The van der Waals surface area contributed by atoms with E-state index in [0.717, 1.165) is 11.3 Å². The number of carbonyl (C=O) groups excluding carboxylic acids is 1. The van der Waals surface area contributed by atoms with Gasteiger partial charge in [0.15, 0.2) is 6.61 Å². The molecule has 1 amide bonds. The summed E-state index contributed by atoms with van der Waals surface area (Å²) in [6.07, 6.45) is 0. The van der Waals surface area contributed by atoms with Gasteiger partial charge in [-0.15, -0.1) is 0 Å². The molecule has 0 radical (unpaired) electrons. The molecule has 0 fully saturated rings. The molecule has 0 aliphatic carbocycles. The normalized spacial score (nSPS) is 9.95. The predicted molar refractivity (Wildman–Crippen MR) is 81.4 cm³/mol. The lowest BCUT2D eigenvalue weighted by molar-refractivity contribution is -0.122. The summed E-state index contributed by atoms with van der Waals surface area (Å²) in [6, 6.07) is 14.4. The molecule has 110 valence electrons. The highest BCUT2D eigenvalue weighted by Gasteiger charge is 2.01. The molecular weight excluding hydrogens is 268 g/mol. The molecule has 2 rings (SSSR count). The molecule has 0 aliphatic rings. The molecule has 0 heterocycles. The van der Waals surface area contributed by atoms with Crippen LogP contribution in [0.25, 0.3) is 0 Å². The van der Waals surface area contributed by atoms with Crippen LogP contribution in [0, 0.1) is 0 Å². The molecule has 0 unspecified atom stereocenters. The third-order valence-corrected chi connectivity index (χ3v) is 2.92. The second-order valence-electron chi connectivity index (χ2n) is 4.51. The number of aromatic hydroxyl groups is 1. The molecule has 0 bridgehead atoms. The van der Waals surface area contributed by atoms with Gasteiger partial charge in [0.1, 0.15) is 11.5 Å². The van der Waals surface area contributed by atoms with Gasteiger partial charge in [-0.05, 0) is 29.8 Å². The Hall–Kier alpha value is -2.69. The first-order valence-electron chi connectivity index (χ1n) is 6.62. The maximum absolute atomic E-state index is 11.1. The number of carbonyl (C=O) groups is 1. The Morgan fingerprint density at radius 1 is 1.19 bits per heavy atom. The zero-order valence-corrected chi connectivity index (χ0v) is 11.8. The van der Waals surface area contributed by atoms with Crippen molar-refractivity contribution in [3.63, 3.8) is 0 Å². The number of amides is 1. The Kier molecular flexibility index (Phi) is 5.04. The molecule has 5 nitrogen and oxygen atoms in total. The summed E-state index contributed by atoms with van der Waals surface area (Å²) in [4.78, 5) is 11.1. The van der Waals surface area contributed by atoms with Crippen LogP contribution < -0.4 is 15.4 Å². The highest BCUT2D eigenvalue weighted by atomic mass is 16.5. The van der Waals surface area contributed by atoms with E-state index in [1.807, 2.05) is 30.3 Å². The van der Waals surface area contributed by atoms with Crippen LogP contribution in [0.4, 0.5) is 5.69 Å². The summed E-state index contributed by atoms with van der Waals surface area (Å²) >= 11 is 0. The number of ether oxygens (including phenoxy) is 1. The minimum atomic E-state index is -0.169. The summed E-state index contributed by atoms with van der Waals surface area (Å²) in [7, 11) is 1.57. The van der Waals surface area contributed by atoms with Crippen LogP contribution in [0.2, 0.25) is 0 Å². The van der Waals surface area contributed by atoms with E-state index in [2.05, 4.69) is 10.6 Å². The fourth-order valence-corrected chi connectivity index (χ4v) is 1.73. The topological polar surface area (TPSA) is 70.6 Å². The summed E-state index contributed by atoms with van der Waals surface area (Å²) in [5.41, 5.74) is 1.96. The lowest BCUT2D eigenvalue weighted by Gasteiger charge is -2.09. The first kappa shape index (κ1) is 14.7. The Balaban J connectivity index is 1.91. The largest absolute Gasteiger partial charge is 0.508 e. The number of phenols is 1. The van der Waals surface area contributed by atoms with Crippen LogP contribution >= 0.6 is 0 Å². The van der Waals surface area contributed by atoms with Crippen LogP contribution in [0.15, 0.2) is 48.5 Å². The fourth-order valence-electron chi connectivity index (χ4n) is 1.73. The predicted octanol–water partition coefficient (Wildman–Crippen LogP) is 2.13. The van der Waals surface area contributed by atoms with Gasteiger partial charge in [0.2, 0.25) is 0 Å². The number of likely N-dealkylation sites (N-methyl/N-ethyl adjacent to an activating group) is 1. The molecule has 0 atom stereocenters. The second-order valence-corrected chi connectivity index (χ2v) is 4.51. The number of hydrogen-bond acceptors (Lipinski definition) is 4. The van der Waals surface area contributed by atoms with Crippen molar-refractivity contribution in [2.24, 2.45) is 0 Å². The van der Waals surface area contributed by atoms with E-state index in [0.29, 0.717) is 12.3 Å². The molecule has 0 spiro atoms. The first-order chi connectivity index (χ1) is 10.2. The SMILES string of the molecule is CNC(=O)COc1cccc(NCc2ccc(O)cc2)c1. The molecule has 3 N–H and O–H groups in total. The smallest absolute Gasteiger partial charge is 0.257 e. The Bertz CT molecular complexity index is 597. The summed E-state index contributed by atoms with van der Waals surface area (Å²) in [5.74, 6) is 0.718. The monoisotopic (exact) mass is 286 g/mol. The number of anilines is 1. The highest BCUT2D eigenvalue weighted by Crippen LogP contribution is 2.18. The van der Waals surface area contributed by atoms with Crippen molar-refractivity contribution in [2.45, 2.75) is 6.54 Å². The minimum absolute atomic E-state index is 0.00207. The molecule has 0 saturated carbocycles. The van der Waals surface area contributed by atoms with Crippen LogP contribution in [-0.4, -0.2) is 24.7 Å². The van der Waals surface area contributed by atoms with Crippen LogP contribution in [-0.2, 0) is 11.3 Å². The number of rotatable bonds is 6. The molecule has 0 aromatic heterocycles.